The molecule has 0 unspecified atom stereocenters. The number of allylic oxidation sites excluding steroid dienone is 3. The molecule has 0 aliphatic carbocycles. The van der Waals surface area contributed by atoms with Crippen LogP contribution in [0.5, 0.6) is 0 Å². The van der Waals surface area contributed by atoms with Gasteiger partial charge in [-0.25, -0.2) is 0 Å². The van der Waals surface area contributed by atoms with Crippen LogP contribution >= 0.6 is 0 Å². The zero-order valence-electron chi connectivity index (χ0n) is 4.54. The monoisotopic (exact) mass is 240 g/mol. The Balaban J connectivity index is 2.33. The second-order valence-electron chi connectivity index (χ2n) is 1.46. The van der Waals surface area contributed by atoms with Crippen molar-refractivity contribution >= 4 is 26.3 Å². The standard InChI is InChI=1S/C6H8Se2/c1-2-4-6-8-7-5-3-1/h1-3,5H,4,6H2/b2-1-,5-3-. The third-order valence-electron chi connectivity index (χ3n) is 0.817. The van der Waals surface area contributed by atoms with Gasteiger partial charge in [-0.1, -0.05) is 0 Å². The van der Waals surface area contributed by atoms with Crippen LogP contribution in [0.2, 0.25) is 5.32 Å². The quantitative estimate of drug-likeness (QED) is 0.556. The Kier molecular flexibility index (Phi) is 3.65. The number of hydrogen-bond donors (Lipinski definition) is 0. The fraction of sp³-hybridized carbons (Fsp3) is 0.333. The van der Waals surface area contributed by atoms with Gasteiger partial charge in [-0.05, 0) is 0 Å². The summed E-state index contributed by atoms with van der Waals surface area (Å²) in [5.41, 5.74) is 0. The number of rotatable bonds is 0. The Bertz CT molecular complexity index is 91.1. The van der Waals surface area contributed by atoms with Crippen molar-refractivity contribution in [2.75, 3.05) is 0 Å². The van der Waals surface area contributed by atoms with Crippen molar-refractivity contribution in [3.63, 3.8) is 0 Å². The average molecular weight is 238 g/mol. The molecule has 1 rings (SSSR count). The summed E-state index contributed by atoms with van der Waals surface area (Å²) in [5, 5.41) is 1.45. The average Bonchev–Trinajstić information content (AvgIpc) is 1.62. The molecule has 8 heavy (non-hydrogen) atoms. The van der Waals surface area contributed by atoms with E-state index in [2.05, 4.69) is 23.2 Å². The van der Waals surface area contributed by atoms with Crippen molar-refractivity contribution in [3.8, 4) is 0 Å². The van der Waals surface area contributed by atoms with Crippen LogP contribution in [0.15, 0.2) is 23.2 Å². The molecule has 0 bridgehead atoms. The van der Waals surface area contributed by atoms with Crippen LogP contribution in [0.3, 0.4) is 0 Å². The van der Waals surface area contributed by atoms with Crippen molar-refractivity contribution in [3.05, 3.63) is 23.2 Å². The molecule has 0 fully saturated rings. The van der Waals surface area contributed by atoms with Gasteiger partial charge in [0.25, 0.3) is 0 Å². The molecule has 0 spiro atoms. The van der Waals surface area contributed by atoms with E-state index in [1.807, 2.05) is 0 Å². The van der Waals surface area contributed by atoms with Crippen LogP contribution in [0.1, 0.15) is 6.42 Å². The molecule has 2 heteroatoms. The van der Waals surface area contributed by atoms with E-state index in [0.29, 0.717) is 0 Å². The fourth-order valence-electron chi connectivity index (χ4n) is 0.456. The van der Waals surface area contributed by atoms with Crippen LogP contribution in [-0.2, 0) is 0 Å². The Morgan fingerprint density at radius 3 is 3.25 bits per heavy atom. The van der Waals surface area contributed by atoms with Gasteiger partial charge in [0.15, 0.2) is 0 Å². The summed E-state index contributed by atoms with van der Waals surface area (Å²) in [6, 6.07) is 0. The predicted molar refractivity (Wildman–Crippen MR) is 39.2 cm³/mol. The molecule has 0 radical (unpaired) electrons. The van der Waals surface area contributed by atoms with Crippen molar-refractivity contribution in [2.24, 2.45) is 0 Å². The van der Waals surface area contributed by atoms with E-state index < -0.39 is 0 Å². The zero-order chi connectivity index (χ0) is 5.66. The molecule has 44 valence electrons. The molecule has 1 aliphatic heterocycles. The van der Waals surface area contributed by atoms with Crippen LogP contribution in [0.4, 0.5) is 0 Å². The molecule has 0 amide bonds. The van der Waals surface area contributed by atoms with E-state index in [0.717, 1.165) is 26.3 Å². The molecule has 1 aliphatic rings. The van der Waals surface area contributed by atoms with Gasteiger partial charge < -0.3 is 0 Å². The summed E-state index contributed by atoms with van der Waals surface area (Å²) in [7, 11) is 0. The molecule has 0 atom stereocenters. The molecule has 0 N–H and O–H groups in total. The summed E-state index contributed by atoms with van der Waals surface area (Å²) in [4.78, 5) is 2.32. The van der Waals surface area contributed by atoms with E-state index in [9.17, 15) is 0 Å². The first-order valence-corrected chi connectivity index (χ1v) is 9.13. The first-order chi connectivity index (χ1) is 4.00. The summed E-state index contributed by atoms with van der Waals surface area (Å²) in [6.45, 7) is 0. The summed E-state index contributed by atoms with van der Waals surface area (Å²) in [6.07, 6.45) is 7.91. The number of hydrogen-bond acceptors (Lipinski definition) is 0. The molecule has 1 heterocycles. The molecular formula is C6H8Se2. The third-order valence-corrected chi connectivity index (χ3v) is 7.02. The van der Waals surface area contributed by atoms with Crippen molar-refractivity contribution in [2.45, 2.75) is 11.7 Å². The van der Waals surface area contributed by atoms with Gasteiger partial charge in [0.2, 0.25) is 0 Å². The van der Waals surface area contributed by atoms with Gasteiger partial charge in [-0.3, -0.25) is 0 Å². The first kappa shape index (κ1) is 6.64. The Morgan fingerprint density at radius 2 is 2.25 bits per heavy atom. The van der Waals surface area contributed by atoms with Gasteiger partial charge >= 0.3 is 61.2 Å². The zero-order valence-corrected chi connectivity index (χ0v) is 7.97. The second kappa shape index (κ2) is 4.40. The topological polar surface area (TPSA) is 0 Å². The van der Waals surface area contributed by atoms with Crippen molar-refractivity contribution < 1.29 is 0 Å². The Labute approximate surface area is 61.3 Å². The molecular weight excluding hydrogens is 230 g/mol. The minimum atomic E-state index is 0.859. The van der Waals surface area contributed by atoms with E-state index in [-0.39, 0.29) is 0 Å². The van der Waals surface area contributed by atoms with Crippen LogP contribution in [-0.4, -0.2) is 26.3 Å². The summed E-state index contributed by atoms with van der Waals surface area (Å²) in [5.74, 6) is 0. The maximum atomic E-state index is 2.32. The molecule has 0 aromatic heterocycles. The van der Waals surface area contributed by atoms with E-state index >= 15 is 0 Å². The van der Waals surface area contributed by atoms with Gasteiger partial charge in [-0.15, -0.1) is 0 Å². The van der Waals surface area contributed by atoms with Gasteiger partial charge in [0.05, 0.1) is 0 Å². The van der Waals surface area contributed by atoms with Gasteiger partial charge in [0, 0.05) is 0 Å². The third kappa shape index (κ3) is 2.74. The van der Waals surface area contributed by atoms with Crippen LogP contribution in [0.25, 0.3) is 0 Å². The van der Waals surface area contributed by atoms with Gasteiger partial charge in [0.1, 0.15) is 0 Å². The van der Waals surface area contributed by atoms with E-state index in [1.165, 1.54) is 11.7 Å². The predicted octanol–water partition coefficient (Wildman–Crippen LogP) is 1.20. The fourth-order valence-corrected chi connectivity index (χ4v) is 5.29. The SMILES string of the molecule is C1=C\CC[Se][Se]\C=C/1. The normalized spacial score (nSPS) is 28.0. The molecule has 0 saturated heterocycles. The maximum absolute atomic E-state index is 2.32. The molecule has 0 aromatic rings. The van der Waals surface area contributed by atoms with Crippen LogP contribution < -0.4 is 0 Å². The van der Waals surface area contributed by atoms with E-state index in [1.54, 1.807) is 0 Å². The Hall–Kier alpha value is 0.519. The summed E-state index contributed by atoms with van der Waals surface area (Å²) >= 11 is 1.81. The van der Waals surface area contributed by atoms with Crippen LogP contribution in [0, 0.1) is 0 Å². The Morgan fingerprint density at radius 1 is 1.25 bits per heavy atom. The van der Waals surface area contributed by atoms with Crippen molar-refractivity contribution in [1.29, 1.82) is 0 Å². The first-order valence-electron chi connectivity index (χ1n) is 2.60. The molecule has 0 nitrogen and oxygen atoms in total. The molecule has 0 aromatic carbocycles. The van der Waals surface area contributed by atoms with E-state index in [4.69, 9.17) is 0 Å². The second-order valence-corrected chi connectivity index (χ2v) is 8.46. The van der Waals surface area contributed by atoms with Crippen molar-refractivity contribution in [1.82, 2.24) is 0 Å². The summed E-state index contributed by atoms with van der Waals surface area (Å²) < 4.78 is 0. The van der Waals surface area contributed by atoms with Gasteiger partial charge in [-0.2, -0.15) is 0 Å². The molecule has 0 saturated carbocycles. The minimum absolute atomic E-state index is 0.859.